The van der Waals surface area contributed by atoms with Crippen LogP contribution in [0.25, 0.3) is 0 Å². The number of amides is 1. The molecule has 4 N–H and O–H groups in total. The number of hydrogen-bond acceptors (Lipinski definition) is 5. The standard InChI is InChI=1S/C9H17N3O3/c1-4-15-8(13)5-7(10)11-12-9(14)6(2)3/h5-6,11H,4,10H2,1-3H3,(H,12,14)/b7-5+. The Balaban J connectivity index is 3.97. The minimum absolute atomic E-state index is 0.0300. The molecule has 0 aliphatic heterocycles. The summed E-state index contributed by atoms with van der Waals surface area (Å²) < 4.78 is 4.62. The number of ether oxygens (including phenoxy) is 1. The maximum Gasteiger partial charge on any atom is 0.334 e. The van der Waals surface area contributed by atoms with E-state index < -0.39 is 5.97 Å². The summed E-state index contributed by atoms with van der Waals surface area (Å²) in [6.45, 7) is 5.45. The number of hydrogen-bond donors (Lipinski definition) is 3. The number of nitrogens with two attached hydrogens (primary N) is 1. The van der Waals surface area contributed by atoms with Gasteiger partial charge in [-0.15, -0.1) is 0 Å². The molecule has 0 bridgehead atoms. The topological polar surface area (TPSA) is 93.4 Å². The number of esters is 1. The van der Waals surface area contributed by atoms with Crippen LogP contribution in [0.2, 0.25) is 0 Å². The lowest BCUT2D eigenvalue weighted by Gasteiger charge is -2.09. The molecule has 0 rings (SSSR count). The van der Waals surface area contributed by atoms with Crippen molar-refractivity contribution in [2.24, 2.45) is 11.7 Å². The molecular formula is C9H17N3O3. The Morgan fingerprint density at radius 2 is 2.00 bits per heavy atom. The second kappa shape index (κ2) is 6.69. The Bertz CT molecular complexity index is 261. The molecule has 0 aromatic heterocycles. The van der Waals surface area contributed by atoms with Crippen molar-refractivity contribution in [3.63, 3.8) is 0 Å². The van der Waals surface area contributed by atoms with Gasteiger partial charge in [0.15, 0.2) is 0 Å². The van der Waals surface area contributed by atoms with Gasteiger partial charge in [-0.3, -0.25) is 15.6 Å². The van der Waals surface area contributed by atoms with E-state index in [0.717, 1.165) is 6.08 Å². The summed E-state index contributed by atoms with van der Waals surface area (Å²) in [4.78, 5) is 22.0. The van der Waals surface area contributed by atoms with Crippen molar-refractivity contribution >= 4 is 11.9 Å². The summed E-state index contributed by atoms with van der Waals surface area (Å²) in [7, 11) is 0. The Hall–Kier alpha value is -1.72. The molecule has 1 amide bonds. The summed E-state index contributed by atoms with van der Waals surface area (Å²) in [5.41, 5.74) is 10.1. The van der Waals surface area contributed by atoms with E-state index in [1.54, 1.807) is 20.8 Å². The van der Waals surface area contributed by atoms with Crippen LogP contribution < -0.4 is 16.6 Å². The van der Waals surface area contributed by atoms with E-state index in [1.165, 1.54) is 0 Å². The van der Waals surface area contributed by atoms with Gasteiger partial charge >= 0.3 is 5.97 Å². The maximum atomic E-state index is 11.1. The Labute approximate surface area is 88.8 Å². The van der Waals surface area contributed by atoms with Crippen LogP contribution in [-0.4, -0.2) is 18.5 Å². The molecule has 6 nitrogen and oxygen atoms in total. The van der Waals surface area contributed by atoms with Crippen LogP contribution in [0.4, 0.5) is 0 Å². The van der Waals surface area contributed by atoms with Crippen LogP contribution >= 0.6 is 0 Å². The third kappa shape index (κ3) is 6.36. The van der Waals surface area contributed by atoms with E-state index in [4.69, 9.17) is 5.73 Å². The van der Waals surface area contributed by atoms with E-state index in [0.29, 0.717) is 0 Å². The molecule has 0 saturated carbocycles. The van der Waals surface area contributed by atoms with Crippen molar-refractivity contribution < 1.29 is 14.3 Å². The molecule has 0 fully saturated rings. The third-order valence-electron chi connectivity index (χ3n) is 1.41. The highest BCUT2D eigenvalue weighted by Gasteiger charge is 2.05. The highest BCUT2D eigenvalue weighted by molar-refractivity contribution is 5.82. The van der Waals surface area contributed by atoms with Gasteiger partial charge in [-0.05, 0) is 6.92 Å². The first-order chi connectivity index (χ1) is 6.97. The van der Waals surface area contributed by atoms with Crippen LogP contribution in [0.1, 0.15) is 20.8 Å². The average Bonchev–Trinajstić information content (AvgIpc) is 2.14. The highest BCUT2D eigenvalue weighted by atomic mass is 16.5. The molecule has 0 unspecified atom stereocenters. The molecule has 0 aliphatic rings. The van der Waals surface area contributed by atoms with Gasteiger partial charge in [0.2, 0.25) is 5.91 Å². The summed E-state index contributed by atoms with van der Waals surface area (Å²) in [6.07, 6.45) is 1.06. The second-order valence-electron chi connectivity index (χ2n) is 3.12. The van der Waals surface area contributed by atoms with Crippen LogP contribution in [0, 0.1) is 5.92 Å². The van der Waals surface area contributed by atoms with Gasteiger partial charge in [0.05, 0.1) is 12.7 Å². The van der Waals surface area contributed by atoms with E-state index in [9.17, 15) is 9.59 Å². The van der Waals surface area contributed by atoms with Crippen molar-refractivity contribution in [3.8, 4) is 0 Å². The molecule has 15 heavy (non-hydrogen) atoms. The predicted molar refractivity (Wildman–Crippen MR) is 55.0 cm³/mol. The SMILES string of the molecule is CCOC(=O)/C=C(\N)NNC(=O)C(C)C. The fourth-order valence-corrected chi connectivity index (χ4v) is 0.625. The Morgan fingerprint density at radius 3 is 2.47 bits per heavy atom. The predicted octanol–water partition coefficient (Wildman–Crippen LogP) is -0.374. The number of carbonyl (C=O) groups is 2. The van der Waals surface area contributed by atoms with E-state index in [-0.39, 0.29) is 24.3 Å². The summed E-state index contributed by atoms with van der Waals surface area (Å²) in [5, 5.41) is 0. The lowest BCUT2D eigenvalue weighted by molar-refractivity contribution is -0.137. The smallest absolute Gasteiger partial charge is 0.334 e. The largest absolute Gasteiger partial charge is 0.463 e. The molecule has 86 valence electrons. The molecule has 0 aromatic rings. The zero-order valence-electron chi connectivity index (χ0n) is 9.16. The first-order valence-electron chi connectivity index (χ1n) is 4.67. The highest BCUT2D eigenvalue weighted by Crippen LogP contribution is 1.89. The summed E-state index contributed by atoms with van der Waals surface area (Å²) in [6, 6.07) is 0. The minimum Gasteiger partial charge on any atom is -0.463 e. The quantitative estimate of drug-likeness (QED) is 0.330. The fourth-order valence-electron chi connectivity index (χ4n) is 0.625. The van der Waals surface area contributed by atoms with E-state index in [1.807, 2.05) is 0 Å². The second-order valence-corrected chi connectivity index (χ2v) is 3.12. The average molecular weight is 215 g/mol. The van der Waals surface area contributed by atoms with Gasteiger partial charge in [-0.1, -0.05) is 13.8 Å². The number of hydrazine groups is 1. The lowest BCUT2D eigenvalue weighted by Crippen LogP contribution is -2.41. The zero-order chi connectivity index (χ0) is 11.8. The Kier molecular flexibility index (Phi) is 5.92. The molecule has 0 aliphatic carbocycles. The third-order valence-corrected chi connectivity index (χ3v) is 1.41. The van der Waals surface area contributed by atoms with Gasteiger partial charge in [-0.25, -0.2) is 4.79 Å². The molecule has 0 radical (unpaired) electrons. The molecule has 0 saturated heterocycles. The van der Waals surface area contributed by atoms with Crippen LogP contribution in [0.5, 0.6) is 0 Å². The van der Waals surface area contributed by atoms with Crippen molar-refractivity contribution in [1.82, 2.24) is 10.9 Å². The van der Waals surface area contributed by atoms with Crippen LogP contribution in [0.15, 0.2) is 11.9 Å². The molecule has 0 atom stereocenters. The monoisotopic (exact) mass is 215 g/mol. The van der Waals surface area contributed by atoms with Crippen molar-refractivity contribution in [2.75, 3.05) is 6.61 Å². The summed E-state index contributed by atoms with van der Waals surface area (Å²) in [5.74, 6) is -0.896. The van der Waals surface area contributed by atoms with Crippen LogP contribution in [-0.2, 0) is 14.3 Å². The number of carbonyl (C=O) groups excluding carboxylic acids is 2. The zero-order valence-corrected chi connectivity index (χ0v) is 9.16. The van der Waals surface area contributed by atoms with Crippen molar-refractivity contribution in [1.29, 1.82) is 0 Å². The molecule has 0 aromatic carbocycles. The normalized spacial score (nSPS) is 11.1. The maximum absolute atomic E-state index is 11.1. The lowest BCUT2D eigenvalue weighted by atomic mass is 10.2. The van der Waals surface area contributed by atoms with Crippen LogP contribution in [0.3, 0.4) is 0 Å². The van der Waals surface area contributed by atoms with Gasteiger partial charge < -0.3 is 10.5 Å². The minimum atomic E-state index is -0.554. The molecule has 0 heterocycles. The first-order valence-corrected chi connectivity index (χ1v) is 4.67. The van der Waals surface area contributed by atoms with E-state index >= 15 is 0 Å². The summed E-state index contributed by atoms with van der Waals surface area (Å²) >= 11 is 0. The van der Waals surface area contributed by atoms with Gasteiger partial charge in [0, 0.05) is 5.92 Å². The van der Waals surface area contributed by atoms with Crippen molar-refractivity contribution in [3.05, 3.63) is 11.9 Å². The number of rotatable bonds is 5. The van der Waals surface area contributed by atoms with E-state index in [2.05, 4.69) is 15.6 Å². The molecule has 0 spiro atoms. The van der Waals surface area contributed by atoms with Gasteiger partial charge in [0.1, 0.15) is 5.82 Å². The van der Waals surface area contributed by atoms with Gasteiger partial charge in [0.25, 0.3) is 0 Å². The fraction of sp³-hybridized carbons (Fsp3) is 0.556. The molecular weight excluding hydrogens is 198 g/mol. The number of nitrogens with one attached hydrogen (secondary N) is 2. The Morgan fingerprint density at radius 1 is 1.40 bits per heavy atom. The van der Waals surface area contributed by atoms with Crippen molar-refractivity contribution in [2.45, 2.75) is 20.8 Å². The molecule has 6 heteroatoms. The van der Waals surface area contributed by atoms with Gasteiger partial charge in [-0.2, -0.15) is 0 Å². The first kappa shape index (κ1) is 13.3.